The normalized spacial score (nSPS) is 11.0. The first-order valence-corrected chi connectivity index (χ1v) is 17.1. The van der Waals surface area contributed by atoms with Crippen LogP contribution in [0.5, 0.6) is 11.6 Å². The third-order valence-corrected chi connectivity index (χ3v) is 9.13. The number of para-hydroxylation sites is 1. The fourth-order valence-corrected chi connectivity index (χ4v) is 6.02. The number of esters is 1. The van der Waals surface area contributed by atoms with Gasteiger partial charge in [-0.2, -0.15) is 4.98 Å². The molecule has 0 radical (unpaired) electrons. The SMILES string of the molecule is CNC(=O)c1ccccc1Nc1nc(Nc2ccc(CC(=O)OCc3cccc(Oc4nonc4S(=O)(=O)c4ccccc4)c3)cc2)ncc1Cl. The minimum absolute atomic E-state index is 0.0119. The van der Waals surface area contributed by atoms with Crippen molar-refractivity contribution in [3.8, 4) is 11.6 Å². The molecular weight excluding hydrogens is 698 g/mol. The number of halogens is 1. The van der Waals surface area contributed by atoms with Crippen molar-refractivity contribution in [1.82, 2.24) is 25.6 Å². The predicted molar refractivity (Wildman–Crippen MR) is 186 cm³/mol. The van der Waals surface area contributed by atoms with E-state index < -0.39 is 20.8 Å². The molecule has 14 nitrogen and oxygen atoms in total. The van der Waals surface area contributed by atoms with Crippen molar-refractivity contribution in [2.24, 2.45) is 0 Å². The first-order valence-electron chi connectivity index (χ1n) is 15.2. The molecule has 51 heavy (non-hydrogen) atoms. The topological polar surface area (TPSA) is 188 Å². The van der Waals surface area contributed by atoms with Gasteiger partial charge in [-0.1, -0.05) is 66.2 Å². The molecule has 0 spiro atoms. The van der Waals surface area contributed by atoms with Gasteiger partial charge in [0.1, 0.15) is 17.4 Å². The maximum atomic E-state index is 13.0. The number of ether oxygens (including phenoxy) is 2. The molecule has 0 aliphatic carbocycles. The van der Waals surface area contributed by atoms with E-state index in [1.54, 1.807) is 98.0 Å². The molecule has 6 rings (SSSR count). The minimum atomic E-state index is -4.04. The highest BCUT2D eigenvalue weighted by atomic mass is 35.5. The number of benzene rings is 4. The van der Waals surface area contributed by atoms with Crippen LogP contribution in [0.25, 0.3) is 0 Å². The Bertz CT molecular complexity index is 2290. The lowest BCUT2D eigenvalue weighted by atomic mass is 10.1. The van der Waals surface area contributed by atoms with E-state index in [4.69, 9.17) is 21.1 Å². The summed E-state index contributed by atoms with van der Waals surface area (Å²) in [4.78, 5) is 33.6. The lowest BCUT2D eigenvalue weighted by Gasteiger charge is -2.13. The van der Waals surface area contributed by atoms with Gasteiger partial charge in [-0.15, -0.1) is 0 Å². The first kappa shape index (κ1) is 34.5. The summed E-state index contributed by atoms with van der Waals surface area (Å²) in [5.74, 6) is -0.249. The molecule has 0 saturated heterocycles. The van der Waals surface area contributed by atoms with Crippen LogP contribution in [0.4, 0.5) is 23.1 Å². The number of nitrogens with one attached hydrogen (secondary N) is 3. The van der Waals surface area contributed by atoms with E-state index in [2.05, 4.69) is 40.9 Å². The number of sulfone groups is 1. The van der Waals surface area contributed by atoms with Crippen LogP contribution in [0.1, 0.15) is 21.5 Å². The number of hydrogen-bond acceptors (Lipinski definition) is 13. The quantitative estimate of drug-likeness (QED) is 0.113. The summed E-state index contributed by atoms with van der Waals surface area (Å²) >= 11 is 6.33. The number of nitrogens with zero attached hydrogens (tertiary/aromatic N) is 4. The van der Waals surface area contributed by atoms with E-state index in [1.165, 1.54) is 18.3 Å². The van der Waals surface area contributed by atoms with Gasteiger partial charge >= 0.3 is 11.8 Å². The Morgan fingerprint density at radius 2 is 1.63 bits per heavy atom. The van der Waals surface area contributed by atoms with Crippen molar-refractivity contribution in [3.63, 3.8) is 0 Å². The Morgan fingerprint density at radius 1 is 0.863 bits per heavy atom. The molecule has 0 fully saturated rings. The molecular formula is C35H28ClN7O7S. The molecule has 2 heterocycles. The van der Waals surface area contributed by atoms with Crippen LogP contribution in [0.15, 0.2) is 124 Å². The number of aromatic nitrogens is 4. The number of anilines is 4. The van der Waals surface area contributed by atoms with Gasteiger partial charge < -0.3 is 25.4 Å². The smallest absolute Gasteiger partial charge is 0.310 e. The van der Waals surface area contributed by atoms with Gasteiger partial charge in [0.2, 0.25) is 15.8 Å². The predicted octanol–water partition coefficient (Wildman–Crippen LogP) is 6.27. The summed E-state index contributed by atoms with van der Waals surface area (Å²) in [6.07, 6.45) is 1.45. The van der Waals surface area contributed by atoms with E-state index >= 15 is 0 Å². The van der Waals surface area contributed by atoms with Crippen LogP contribution in [0, 0.1) is 0 Å². The van der Waals surface area contributed by atoms with Crippen LogP contribution in [0.3, 0.4) is 0 Å². The maximum absolute atomic E-state index is 13.0. The van der Waals surface area contributed by atoms with Crippen LogP contribution in [-0.4, -0.2) is 47.6 Å². The number of amides is 1. The Labute approximate surface area is 296 Å². The second-order valence-corrected chi connectivity index (χ2v) is 13.0. The van der Waals surface area contributed by atoms with Gasteiger partial charge in [-0.25, -0.2) is 18.0 Å². The minimum Gasteiger partial charge on any atom is -0.461 e. The van der Waals surface area contributed by atoms with Gasteiger partial charge in [-0.05, 0) is 70.0 Å². The molecule has 2 aromatic heterocycles. The largest absolute Gasteiger partial charge is 0.461 e. The lowest BCUT2D eigenvalue weighted by Crippen LogP contribution is -2.19. The number of rotatable bonds is 13. The van der Waals surface area contributed by atoms with Crippen molar-refractivity contribution in [1.29, 1.82) is 0 Å². The Kier molecular flexibility index (Phi) is 10.5. The average Bonchev–Trinajstić information content (AvgIpc) is 3.62. The molecule has 6 aromatic rings. The zero-order valence-corrected chi connectivity index (χ0v) is 28.3. The Hall–Kier alpha value is -6.32. The number of carbonyl (C=O) groups is 2. The standard InChI is InChI=1S/C35H28ClN7O7S/c1-37-32(45)27-12-5-6-13-29(27)40-31-28(36)20-38-35(41-31)39-24-16-14-22(15-17-24)19-30(44)48-21-23-8-7-9-25(18-23)49-33-34(43-50-42-33)51(46,47)26-10-3-2-4-11-26/h2-18,20H,19,21H2,1H3,(H,37,45)(H2,38,39,40,41). The van der Waals surface area contributed by atoms with E-state index in [1.807, 2.05) is 0 Å². The summed E-state index contributed by atoms with van der Waals surface area (Å²) in [6.45, 7) is -0.0558. The zero-order chi connectivity index (χ0) is 35.8. The summed E-state index contributed by atoms with van der Waals surface area (Å²) < 4.78 is 41.8. The van der Waals surface area contributed by atoms with Crippen molar-refractivity contribution >= 4 is 56.5 Å². The van der Waals surface area contributed by atoms with Crippen molar-refractivity contribution in [3.05, 3.63) is 131 Å². The fraction of sp³-hybridized carbons (Fsp3) is 0.0857. The van der Waals surface area contributed by atoms with Crippen molar-refractivity contribution < 1.29 is 32.1 Å². The average molecular weight is 726 g/mol. The number of hydrogen-bond donors (Lipinski definition) is 3. The molecule has 0 aliphatic heterocycles. The van der Waals surface area contributed by atoms with Crippen LogP contribution in [-0.2, 0) is 32.4 Å². The fourth-order valence-electron chi connectivity index (χ4n) is 4.70. The van der Waals surface area contributed by atoms with Crippen molar-refractivity contribution in [2.45, 2.75) is 22.9 Å². The zero-order valence-electron chi connectivity index (χ0n) is 26.7. The van der Waals surface area contributed by atoms with Gasteiger partial charge in [-0.3, -0.25) is 9.59 Å². The molecule has 16 heteroatoms. The molecule has 3 N–H and O–H groups in total. The van der Waals surface area contributed by atoms with E-state index in [9.17, 15) is 18.0 Å². The van der Waals surface area contributed by atoms with E-state index in [0.29, 0.717) is 33.9 Å². The summed E-state index contributed by atoms with van der Waals surface area (Å²) in [7, 11) is -2.49. The van der Waals surface area contributed by atoms with Gasteiger partial charge in [0, 0.05) is 12.7 Å². The van der Waals surface area contributed by atoms with Gasteiger partial charge in [0.05, 0.1) is 28.8 Å². The van der Waals surface area contributed by atoms with Crippen LogP contribution in [0.2, 0.25) is 5.02 Å². The molecule has 0 aliphatic rings. The van der Waals surface area contributed by atoms with E-state index in [-0.39, 0.29) is 46.4 Å². The third kappa shape index (κ3) is 8.46. The maximum Gasteiger partial charge on any atom is 0.310 e. The highest BCUT2D eigenvalue weighted by Crippen LogP contribution is 2.30. The summed E-state index contributed by atoms with van der Waals surface area (Å²) in [5.41, 5.74) is 2.91. The Balaban J connectivity index is 1.03. The number of carbonyl (C=O) groups excluding carboxylic acids is 2. The second kappa shape index (κ2) is 15.5. The molecule has 1 amide bonds. The first-order chi connectivity index (χ1) is 24.7. The third-order valence-electron chi connectivity index (χ3n) is 7.21. The van der Waals surface area contributed by atoms with Crippen molar-refractivity contribution in [2.75, 3.05) is 17.7 Å². The monoisotopic (exact) mass is 725 g/mol. The molecule has 0 saturated carbocycles. The van der Waals surface area contributed by atoms with Crippen LogP contribution >= 0.6 is 11.6 Å². The van der Waals surface area contributed by atoms with Gasteiger partial charge in [0.15, 0.2) is 5.82 Å². The Morgan fingerprint density at radius 3 is 2.41 bits per heavy atom. The highest BCUT2D eigenvalue weighted by molar-refractivity contribution is 7.91. The molecule has 0 atom stereocenters. The molecule has 0 unspecified atom stereocenters. The molecule has 0 bridgehead atoms. The molecule has 4 aromatic carbocycles. The summed E-state index contributed by atoms with van der Waals surface area (Å²) in [6, 6.07) is 28.3. The highest BCUT2D eigenvalue weighted by Gasteiger charge is 2.29. The van der Waals surface area contributed by atoms with Gasteiger partial charge in [0.25, 0.3) is 10.9 Å². The van der Waals surface area contributed by atoms with Crippen LogP contribution < -0.4 is 20.7 Å². The summed E-state index contributed by atoms with van der Waals surface area (Å²) in [5, 5.41) is 15.7. The van der Waals surface area contributed by atoms with E-state index in [0.717, 1.165) is 0 Å². The second-order valence-electron chi connectivity index (χ2n) is 10.7. The lowest BCUT2D eigenvalue weighted by molar-refractivity contribution is -0.144. The molecule has 258 valence electrons.